The molecule has 0 aromatic heterocycles. The van der Waals surface area contributed by atoms with Crippen molar-refractivity contribution in [2.45, 2.75) is 20.3 Å². The molecular weight excluding hydrogens is 369 g/mol. The Morgan fingerprint density at radius 2 is 1.69 bits per heavy atom. The third-order valence-corrected chi connectivity index (χ3v) is 4.28. The molecule has 1 rings (SSSR count). The molecule has 9 heteroatoms. The number of ether oxygens (including phenoxy) is 2. The van der Waals surface area contributed by atoms with Crippen molar-refractivity contribution in [3.8, 4) is 0 Å². The van der Waals surface area contributed by atoms with Crippen molar-refractivity contribution in [3.63, 3.8) is 0 Å². The molecule has 0 bridgehead atoms. The van der Waals surface area contributed by atoms with Crippen LogP contribution in [0.2, 0.25) is 0 Å². The number of nitrogens with zero attached hydrogens (tertiary/aromatic N) is 1. The van der Waals surface area contributed by atoms with E-state index in [1.807, 2.05) is 26.0 Å². The zero-order valence-corrected chi connectivity index (χ0v) is 18.6. The van der Waals surface area contributed by atoms with Crippen molar-refractivity contribution in [1.29, 1.82) is 0 Å². The van der Waals surface area contributed by atoms with Crippen LogP contribution in [-0.4, -0.2) is 69.0 Å². The van der Waals surface area contributed by atoms with E-state index >= 15 is 0 Å². The standard InChI is InChI=1S/C17H27NO6S.Na/c1-3-23-12-13-24-11-10-18(9-4-14-25(20,21)22)17(19)16-7-5-15(2)6-8-16;/h5-8H,3-4,9-14H2,1-2H3,(H,20,21,22);/q;+1/p-1. The van der Waals surface area contributed by atoms with E-state index in [2.05, 4.69) is 0 Å². The van der Waals surface area contributed by atoms with Crippen LogP contribution < -0.4 is 29.6 Å². The maximum Gasteiger partial charge on any atom is 1.00 e. The number of hydrogen-bond acceptors (Lipinski definition) is 6. The first-order valence-corrected chi connectivity index (χ1v) is 9.86. The summed E-state index contributed by atoms with van der Waals surface area (Å²) >= 11 is 0. The molecule has 142 valence electrons. The quantitative estimate of drug-likeness (QED) is 0.241. The second-order valence-corrected chi connectivity index (χ2v) is 7.11. The fraction of sp³-hybridized carbons (Fsp3) is 0.588. The third kappa shape index (κ3) is 11.3. The number of amides is 1. The van der Waals surface area contributed by atoms with Gasteiger partial charge in [-0.15, -0.1) is 0 Å². The molecule has 7 nitrogen and oxygen atoms in total. The van der Waals surface area contributed by atoms with E-state index < -0.39 is 15.9 Å². The van der Waals surface area contributed by atoms with Gasteiger partial charge in [-0.05, 0) is 32.4 Å². The first kappa shape index (κ1) is 25.5. The summed E-state index contributed by atoms with van der Waals surface area (Å²) in [5.74, 6) is -0.702. The van der Waals surface area contributed by atoms with Gasteiger partial charge < -0.3 is 18.9 Å². The van der Waals surface area contributed by atoms with E-state index in [9.17, 15) is 17.8 Å². The van der Waals surface area contributed by atoms with Gasteiger partial charge in [-0.2, -0.15) is 0 Å². The molecule has 0 unspecified atom stereocenters. The van der Waals surface area contributed by atoms with Gasteiger partial charge in [0.15, 0.2) is 0 Å². The normalized spacial score (nSPS) is 11.0. The van der Waals surface area contributed by atoms with Gasteiger partial charge in [-0.25, -0.2) is 8.42 Å². The van der Waals surface area contributed by atoms with Crippen LogP contribution in [0.4, 0.5) is 0 Å². The molecule has 1 aromatic rings. The number of aryl methyl sites for hydroxylation is 1. The van der Waals surface area contributed by atoms with E-state index in [1.165, 1.54) is 4.90 Å². The van der Waals surface area contributed by atoms with Crippen LogP contribution in [0.5, 0.6) is 0 Å². The SMILES string of the molecule is CCOCCOCCN(CCCS(=O)(=O)[O-])C(=O)c1ccc(C)cc1.[Na+]. The first-order valence-electron chi connectivity index (χ1n) is 8.28. The van der Waals surface area contributed by atoms with E-state index in [-0.39, 0.29) is 48.4 Å². The number of hydrogen-bond donors (Lipinski definition) is 0. The molecule has 0 fully saturated rings. The smallest absolute Gasteiger partial charge is 0.748 e. The van der Waals surface area contributed by atoms with Crippen molar-refractivity contribution in [1.82, 2.24) is 4.90 Å². The molecule has 0 radical (unpaired) electrons. The van der Waals surface area contributed by atoms with Crippen LogP contribution in [0.1, 0.15) is 29.3 Å². The molecule has 0 aliphatic rings. The molecule has 0 saturated heterocycles. The molecule has 0 atom stereocenters. The summed E-state index contributed by atoms with van der Waals surface area (Å²) in [6, 6.07) is 7.13. The average Bonchev–Trinajstić information content (AvgIpc) is 2.55. The molecule has 0 heterocycles. The van der Waals surface area contributed by atoms with E-state index in [0.717, 1.165) is 5.56 Å². The Morgan fingerprint density at radius 3 is 2.27 bits per heavy atom. The Labute approximate surface area is 178 Å². The Morgan fingerprint density at radius 1 is 1.08 bits per heavy atom. The van der Waals surface area contributed by atoms with E-state index in [1.54, 1.807) is 12.1 Å². The van der Waals surface area contributed by atoms with Crippen molar-refractivity contribution < 1.29 is 56.8 Å². The first-order chi connectivity index (χ1) is 11.8. The van der Waals surface area contributed by atoms with Crippen LogP contribution in [0, 0.1) is 6.92 Å². The van der Waals surface area contributed by atoms with E-state index in [4.69, 9.17) is 9.47 Å². The van der Waals surface area contributed by atoms with Crippen molar-refractivity contribution in [2.24, 2.45) is 0 Å². The molecule has 0 spiro atoms. The molecule has 0 N–H and O–H groups in total. The Balaban J connectivity index is 0.00000625. The zero-order chi connectivity index (χ0) is 18.7. The summed E-state index contributed by atoms with van der Waals surface area (Å²) in [5, 5.41) is 0. The second kappa shape index (κ2) is 13.7. The molecule has 0 saturated carbocycles. The number of carbonyl (C=O) groups excluding carboxylic acids is 1. The maximum atomic E-state index is 12.6. The van der Waals surface area contributed by atoms with Gasteiger partial charge in [0, 0.05) is 31.0 Å². The minimum Gasteiger partial charge on any atom is -0.748 e. The summed E-state index contributed by atoms with van der Waals surface area (Å²) in [4.78, 5) is 14.1. The molecule has 0 aliphatic heterocycles. The summed E-state index contributed by atoms with van der Waals surface area (Å²) in [7, 11) is -4.29. The molecule has 1 aromatic carbocycles. The van der Waals surface area contributed by atoms with Crippen LogP contribution in [0.25, 0.3) is 0 Å². The van der Waals surface area contributed by atoms with E-state index in [0.29, 0.717) is 38.5 Å². The monoisotopic (exact) mass is 395 g/mol. The minimum absolute atomic E-state index is 0. The van der Waals surface area contributed by atoms with Crippen LogP contribution >= 0.6 is 0 Å². The van der Waals surface area contributed by atoms with Gasteiger partial charge in [-0.3, -0.25) is 4.79 Å². The van der Waals surface area contributed by atoms with Gasteiger partial charge in [0.2, 0.25) is 0 Å². The van der Waals surface area contributed by atoms with Gasteiger partial charge in [0.25, 0.3) is 5.91 Å². The Hall–Kier alpha value is -0.480. The minimum atomic E-state index is -4.29. The van der Waals surface area contributed by atoms with Crippen molar-refractivity contribution in [2.75, 3.05) is 45.3 Å². The Bertz CT molecular complexity index is 621. The summed E-state index contributed by atoms with van der Waals surface area (Å²) < 4.78 is 42.8. The molecule has 26 heavy (non-hydrogen) atoms. The molecule has 0 aliphatic carbocycles. The predicted molar refractivity (Wildman–Crippen MR) is 93.6 cm³/mol. The summed E-state index contributed by atoms with van der Waals surface area (Å²) in [6.45, 7) is 6.16. The van der Waals surface area contributed by atoms with Crippen LogP contribution in [0.3, 0.4) is 0 Å². The average molecular weight is 395 g/mol. The summed E-state index contributed by atoms with van der Waals surface area (Å²) in [6.07, 6.45) is 0.0996. The summed E-state index contributed by atoms with van der Waals surface area (Å²) in [5.41, 5.74) is 1.56. The predicted octanol–water partition coefficient (Wildman–Crippen LogP) is -1.57. The topological polar surface area (TPSA) is 96.0 Å². The number of carbonyl (C=O) groups is 1. The fourth-order valence-corrected chi connectivity index (χ4v) is 2.65. The van der Waals surface area contributed by atoms with Crippen molar-refractivity contribution in [3.05, 3.63) is 35.4 Å². The van der Waals surface area contributed by atoms with Crippen molar-refractivity contribution >= 4 is 16.0 Å². The van der Waals surface area contributed by atoms with Gasteiger partial charge in [0.05, 0.1) is 29.9 Å². The third-order valence-electron chi connectivity index (χ3n) is 3.49. The largest absolute Gasteiger partial charge is 1.00 e. The van der Waals surface area contributed by atoms with Crippen LogP contribution in [-0.2, 0) is 19.6 Å². The zero-order valence-electron chi connectivity index (χ0n) is 15.8. The Kier molecular flexibility index (Phi) is 13.4. The van der Waals surface area contributed by atoms with Gasteiger partial charge in [0.1, 0.15) is 0 Å². The number of benzene rings is 1. The molecular formula is C17H26NNaO6S. The second-order valence-electron chi connectivity index (χ2n) is 5.58. The fourth-order valence-electron chi connectivity index (χ4n) is 2.16. The van der Waals surface area contributed by atoms with Crippen LogP contribution in [0.15, 0.2) is 24.3 Å². The van der Waals surface area contributed by atoms with Gasteiger partial charge in [-0.1, -0.05) is 17.7 Å². The number of rotatable bonds is 12. The van der Waals surface area contributed by atoms with Gasteiger partial charge >= 0.3 is 29.6 Å². The maximum absolute atomic E-state index is 12.6. The molecule has 1 amide bonds.